The van der Waals surface area contributed by atoms with Gasteiger partial charge in [-0.05, 0) is 11.6 Å². The average molecular weight is 139 g/mol. The van der Waals surface area contributed by atoms with Gasteiger partial charge in [0.1, 0.15) is 0 Å². The molecule has 0 unspecified atom stereocenters. The van der Waals surface area contributed by atoms with Crippen molar-refractivity contribution in [3.05, 3.63) is 23.9 Å². The Hall–Kier alpha value is -1.09. The zero-order valence-corrected chi connectivity index (χ0v) is 5.58. The third-order valence-electron chi connectivity index (χ3n) is 1.40. The van der Waals surface area contributed by atoms with E-state index >= 15 is 0 Å². The van der Waals surface area contributed by atoms with Gasteiger partial charge >= 0.3 is 0 Å². The second-order valence-electron chi connectivity index (χ2n) is 2.19. The lowest BCUT2D eigenvalue weighted by Crippen LogP contribution is -2.19. The minimum Gasteiger partial charge on any atom is -0.390 e. The van der Waals surface area contributed by atoms with E-state index in [1.165, 1.54) is 4.90 Å². The van der Waals surface area contributed by atoms with E-state index in [1.807, 2.05) is 0 Å². The van der Waals surface area contributed by atoms with E-state index < -0.39 is 0 Å². The van der Waals surface area contributed by atoms with Crippen LogP contribution in [0.25, 0.3) is 0 Å². The molecule has 1 N–H and O–H groups in total. The van der Waals surface area contributed by atoms with Crippen LogP contribution in [0.4, 0.5) is 0 Å². The molecular weight excluding hydrogens is 130 g/mol. The molecule has 1 aliphatic rings. The molecule has 0 atom stereocenters. The molecule has 0 aromatic rings. The summed E-state index contributed by atoms with van der Waals surface area (Å²) in [4.78, 5) is 11.7. The molecule has 10 heavy (non-hydrogen) atoms. The lowest BCUT2D eigenvalue weighted by molar-refractivity contribution is -0.116. The fraction of sp³-hybridized carbons (Fsp3) is 0.286. The summed E-state index contributed by atoms with van der Waals surface area (Å²) >= 11 is 0. The first-order valence-corrected chi connectivity index (χ1v) is 2.99. The van der Waals surface area contributed by atoms with Crippen LogP contribution in [0, 0.1) is 0 Å². The number of amides is 1. The Morgan fingerprint density at radius 3 is 3.00 bits per heavy atom. The number of carbonyl (C=O) groups excluding carboxylic acids is 1. The molecule has 0 radical (unpaired) electrons. The number of aliphatic hydroxyl groups is 1. The van der Waals surface area contributed by atoms with E-state index in [0.717, 1.165) is 5.57 Å². The molecule has 0 aromatic heterocycles. The molecule has 1 rings (SSSR count). The highest BCUT2D eigenvalue weighted by molar-refractivity contribution is 5.55. The van der Waals surface area contributed by atoms with E-state index in [9.17, 15) is 4.79 Å². The summed E-state index contributed by atoms with van der Waals surface area (Å²) in [5.41, 5.74) is 1.48. The second-order valence-corrected chi connectivity index (χ2v) is 2.19. The number of rotatable bonds is 2. The molecule has 1 amide bonds. The Bertz CT molecular complexity index is 196. The van der Waals surface area contributed by atoms with Crippen molar-refractivity contribution in [3.63, 3.8) is 0 Å². The highest BCUT2D eigenvalue weighted by Crippen LogP contribution is 2.14. The largest absolute Gasteiger partial charge is 0.390 e. The van der Waals surface area contributed by atoms with Crippen LogP contribution in [0.2, 0.25) is 0 Å². The molecule has 0 saturated carbocycles. The Morgan fingerprint density at radius 1 is 1.90 bits per heavy atom. The summed E-state index contributed by atoms with van der Waals surface area (Å²) in [5.74, 6) is 0. The average Bonchev–Trinajstić information content (AvgIpc) is 2.30. The van der Waals surface area contributed by atoms with Crippen LogP contribution in [0.5, 0.6) is 0 Å². The molecular formula is C7H9NO2. The smallest absolute Gasteiger partial charge is 0.214 e. The van der Waals surface area contributed by atoms with E-state index in [4.69, 9.17) is 5.11 Å². The summed E-state index contributed by atoms with van der Waals surface area (Å²) in [5, 5.41) is 8.68. The lowest BCUT2D eigenvalue weighted by Gasteiger charge is -2.10. The highest BCUT2D eigenvalue weighted by Gasteiger charge is 2.14. The van der Waals surface area contributed by atoms with Gasteiger partial charge in [0.15, 0.2) is 0 Å². The summed E-state index contributed by atoms with van der Waals surface area (Å²) < 4.78 is 0. The van der Waals surface area contributed by atoms with Gasteiger partial charge < -0.3 is 10.0 Å². The molecule has 0 bridgehead atoms. The van der Waals surface area contributed by atoms with Gasteiger partial charge in [0, 0.05) is 12.2 Å². The Balaban J connectivity index is 2.74. The highest BCUT2D eigenvalue weighted by atomic mass is 16.3. The zero-order chi connectivity index (χ0) is 7.56. The van der Waals surface area contributed by atoms with Crippen molar-refractivity contribution in [2.75, 3.05) is 13.2 Å². The first kappa shape index (κ1) is 7.02. The van der Waals surface area contributed by atoms with E-state index in [-0.39, 0.29) is 6.61 Å². The van der Waals surface area contributed by atoms with Gasteiger partial charge in [0.25, 0.3) is 0 Å². The van der Waals surface area contributed by atoms with Crippen molar-refractivity contribution < 1.29 is 9.90 Å². The number of hydrogen-bond donors (Lipinski definition) is 1. The monoisotopic (exact) mass is 139 g/mol. The summed E-state index contributed by atoms with van der Waals surface area (Å²) in [6, 6.07) is 0. The predicted octanol–water partition coefficient (Wildman–Crippen LogP) is -0.109. The fourth-order valence-electron chi connectivity index (χ4n) is 0.926. The molecule has 0 aromatic carbocycles. The Morgan fingerprint density at radius 2 is 2.60 bits per heavy atom. The molecule has 0 fully saturated rings. The second kappa shape index (κ2) is 2.66. The number of carbonyl (C=O) groups is 1. The van der Waals surface area contributed by atoms with E-state index in [0.29, 0.717) is 18.7 Å². The summed E-state index contributed by atoms with van der Waals surface area (Å²) in [7, 11) is 0. The van der Waals surface area contributed by atoms with E-state index in [2.05, 4.69) is 6.58 Å². The number of aliphatic hydroxyl groups excluding tert-OH is 1. The Labute approximate surface area is 59.3 Å². The van der Waals surface area contributed by atoms with Crippen molar-refractivity contribution in [2.24, 2.45) is 0 Å². The van der Waals surface area contributed by atoms with Gasteiger partial charge in [-0.1, -0.05) is 6.58 Å². The Kier molecular flexibility index (Phi) is 1.87. The topological polar surface area (TPSA) is 40.5 Å². The zero-order valence-electron chi connectivity index (χ0n) is 5.58. The van der Waals surface area contributed by atoms with Crippen LogP contribution in [0.15, 0.2) is 23.9 Å². The molecule has 1 heterocycles. The van der Waals surface area contributed by atoms with Crippen molar-refractivity contribution >= 4 is 6.41 Å². The van der Waals surface area contributed by atoms with Gasteiger partial charge in [0.2, 0.25) is 6.41 Å². The van der Waals surface area contributed by atoms with Crippen molar-refractivity contribution in [1.29, 1.82) is 0 Å². The summed E-state index contributed by atoms with van der Waals surface area (Å²) in [6.45, 7) is 4.08. The third kappa shape index (κ3) is 1.09. The predicted molar refractivity (Wildman–Crippen MR) is 37.1 cm³/mol. The van der Waals surface area contributed by atoms with Gasteiger partial charge in [-0.15, -0.1) is 0 Å². The fourth-order valence-corrected chi connectivity index (χ4v) is 0.926. The minimum absolute atomic E-state index is 0.0994. The number of nitrogens with zero attached hydrogens (tertiary/aromatic N) is 1. The van der Waals surface area contributed by atoms with Crippen molar-refractivity contribution in [1.82, 2.24) is 4.90 Å². The molecule has 3 heteroatoms. The van der Waals surface area contributed by atoms with Crippen molar-refractivity contribution in [3.8, 4) is 0 Å². The SMILES string of the molecule is C=C1C=C(CO)N(C=O)C1. The van der Waals surface area contributed by atoms with Crippen LogP contribution in [0.1, 0.15) is 0 Å². The maximum absolute atomic E-state index is 10.3. The van der Waals surface area contributed by atoms with Crippen LogP contribution in [0.3, 0.4) is 0 Å². The minimum atomic E-state index is -0.0994. The van der Waals surface area contributed by atoms with Gasteiger partial charge in [0.05, 0.1) is 6.61 Å². The normalized spacial score (nSPS) is 17.5. The van der Waals surface area contributed by atoms with Crippen LogP contribution in [-0.2, 0) is 4.79 Å². The molecule has 54 valence electrons. The molecule has 0 saturated heterocycles. The number of hydrogen-bond acceptors (Lipinski definition) is 2. The standard InChI is InChI=1S/C7H9NO2/c1-6-2-7(4-9)8(3-6)5-10/h2,5,9H,1,3-4H2. The van der Waals surface area contributed by atoms with Gasteiger partial charge in [-0.25, -0.2) is 0 Å². The first-order valence-electron chi connectivity index (χ1n) is 2.99. The van der Waals surface area contributed by atoms with E-state index in [1.54, 1.807) is 6.08 Å². The lowest BCUT2D eigenvalue weighted by atomic mass is 10.3. The van der Waals surface area contributed by atoms with Gasteiger partial charge in [-0.3, -0.25) is 4.79 Å². The molecule has 3 nitrogen and oxygen atoms in total. The van der Waals surface area contributed by atoms with Crippen LogP contribution < -0.4 is 0 Å². The maximum Gasteiger partial charge on any atom is 0.214 e. The van der Waals surface area contributed by atoms with Gasteiger partial charge in [-0.2, -0.15) is 0 Å². The van der Waals surface area contributed by atoms with Crippen molar-refractivity contribution in [2.45, 2.75) is 0 Å². The quantitative estimate of drug-likeness (QED) is 0.542. The molecule has 1 aliphatic heterocycles. The first-order chi connectivity index (χ1) is 4.77. The molecule has 0 aliphatic carbocycles. The van der Waals surface area contributed by atoms with Crippen LogP contribution in [-0.4, -0.2) is 29.6 Å². The maximum atomic E-state index is 10.3. The van der Waals surface area contributed by atoms with Crippen LogP contribution >= 0.6 is 0 Å². The third-order valence-corrected chi connectivity index (χ3v) is 1.40. The summed E-state index contributed by atoms with van der Waals surface area (Å²) in [6.07, 6.45) is 2.41. The molecule has 0 spiro atoms.